The second kappa shape index (κ2) is 6.78. The normalized spacial score (nSPS) is 10.3. The second-order valence-corrected chi connectivity index (χ2v) is 6.16. The topological polar surface area (TPSA) is 84.3 Å². The molecule has 1 aromatic heterocycles. The van der Waals surface area contributed by atoms with E-state index in [4.69, 9.17) is 21.4 Å². The van der Waals surface area contributed by atoms with Crippen LogP contribution < -0.4 is 10.1 Å². The van der Waals surface area contributed by atoms with E-state index >= 15 is 0 Å². The minimum atomic E-state index is -0.892. The van der Waals surface area contributed by atoms with E-state index in [1.807, 2.05) is 0 Å². The summed E-state index contributed by atoms with van der Waals surface area (Å²) in [6.45, 7) is 0. The first-order valence-corrected chi connectivity index (χ1v) is 7.55. The number of hydrogen-bond donors (Lipinski definition) is 2. The summed E-state index contributed by atoms with van der Waals surface area (Å²) in [5.41, 5.74) is 0.672. The number of halogens is 1. The van der Waals surface area contributed by atoms with Crippen LogP contribution in [0.2, 0.25) is 5.02 Å². The molecule has 1 aromatic carbocycles. The van der Waals surface area contributed by atoms with Gasteiger partial charge in [0.05, 0.1) is 18.6 Å². The van der Waals surface area contributed by atoms with Crippen LogP contribution in [0.15, 0.2) is 22.5 Å². The Balaban J connectivity index is 2.10. The standard InChI is InChI=1S/C11H10ClN3O3S2/c1-18-8-3-2-6(12)4-7(8)13-10-14-15-11(20-10)19-5-9(16)17/h2-4H,5H2,1H3,(H,13,14)(H,16,17). The summed E-state index contributed by atoms with van der Waals surface area (Å²) in [5.74, 6) is -0.310. The van der Waals surface area contributed by atoms with Crippen LogP contribution in [0, 0.1) is 0 Å². The van der Waals surface area contributed by atoms with Crippen molar-refractivity contribution in [2.24, 2.45) is 0 Å². The van der Waals surface area contributed by atoms with E-state index in [2.05, 4.69) is 15.5 Å². The number of hydrogen-bond acceptors (Lipinski definition) is 7. The van der Waals surface area contributed by atoms with Crippen molar-refractivity contribution in [3.8, 4) is 5.75 Å². The first-order chi connectivity index (χ1) is 9.58. The van der Waals surface area contributed by atoms with Gasteiger partial charge in [0.1, 0.15) is 5.75 Å². The van der Waals surface area contributed by atoms with Crippen LogP contribution in [-0.2, 0) is 4.79 Å². The molecule has 2 aromatic rings. The lowest BCUT2D eigenvalue weighted by Crippen LogP contribution is -1.96. The summed E-state index contributed by atoms with van der Waals surface area (Å²) in [6.07, 6.45) is 0. The average molecular weight is 332 g/mol. The van der Waals surface area contributed by atoms with E-state index in [0.29, 0.717) is 25.9 Å². The molecule has 0 amide bonds. The Hall–Kier alpha value is -1.51. The number of aromatic nitrogens is 2. The maximum Gasteiger partial charge on any atom is 0.313 e. The number of rotatable bonds is 6. The zero-order valence-corrected chi connectivity index (χ0v) is 12.7. The molecule has 6 nitrogen and oxygen atoms in total. The molecule has 1 heterocycles. The van der Waals surface area contributed by atoms with E-state index in [-0.39, 0.29) is 5.75 Å². The fourth-order valence-electron chi connectivity index (χ4n) is 1.34. The number of thioether (sulfide) groups is 1. The summed E-state index contributed by atoms with van der Waals surface area (Å²) < 4.78 is 5.79. The van der Waals surface area contributed by atoms with Crippen molar-refractivity contribution in [3.63, 3.8) is 0 Å². The summed E-state index contributed by atoms with van der Waals surface area (Å²) in [6, 6.07) is 5.18. The molecule has 0 aliphatic rings. The van der Waals surface area contributed by atoms with Crippen molar-refractivity contribution in [2.75, 3.05) is 18.2 Å². The third-order valence-electron chi connectivity index (χ3n) is 2.13. The van der Waals surface area contributed by atoms with Gasteiger partial charge in [-0.25, -0.2) is 0 Å². The molecule has 0 aliphatic carbocycles. The first-order valence-electron chi connectivity index (χ1n) is 5.37. The molecule has 2 rings (SSSR count). The molecule has 0 radical (unpaired) electrons. The van der Waals surface area contributed by atoms with E-state index in [9.17, 15) is 4.79 Å². The monoisotopic (exact) mass is 331 g/mol. The van der Waals surface area contributed by atoms with Gasteiger partial charge in [-0.1, -0.05) is 34.7 Å². The molecule has 0 spiro atoms. The number of nitrogens with zero attached hydrogens (tertiary/aromatic N) is 2. The summed E-state index contributed by atoms with van der Waals surface area (Å²) in [5, 5.41) is 20.6. The van der Waals surface area contributed by atoms with Crippen LogP contribution in [0.1, 0.15) is 0 Å². The van der Waals surface area contributed by atoms with Gasteiger partial charge in [0.25, 0.3) is 0 Å². The Morgan fingerprint density at radius 2 is 2.35 bits per heavy atom. The third-order valence-corrected chi connectivity index (χ3v) is 4.32. The Labute approximate surface area is 128 Å². The molecule has 0 saturated carbocycles. The number of benzene rings is 1. The lowest BCUT2D eigenvalue weighted by molar-refractivity contribution is -0.133. The number of methoxy groups -OCH3 is 1. The first kappa shape index (κ1) is 14.9. The fraction of sp³-hybridized carbons (Fsp3) is 0.182. The highest BCUT2D eigenvalue weighted by molar-refractivity contribution is 8.01. The lowest BCUT2D eigenvalue weighted by atomic mass is 10.3. The number of carbonyl (C=O) groups is 1. The summed E-state index contributed by atoms with van der Waals surface area (Å²) in [4.78, 5) is 10.5. The van der Waals surface area contributed by atoms with Crippen LogP contribution in [0.25, 0.3) is 0 Å². The molecular formula is C11H10ClN3O3S2. The van der Waals surface area contributed by atoms with Gasteiger partial charge in [0.2, 0.25) is 5.13 Å². The molecule has 0 fully saturated rings. The Morgan fingerprint density at radius 3 is 3.05 bits per heavy atom. The minimum absolute atomic E-state index is 0.0465. The van der Waals surface area contributed by atoms with Crippen molar-refractivity contribution >= 4 is 51.5 Å². The summed E-state index contributed by atoms with van der Waals surface area (Å²) in [7, 11) is 1.56. The number of carboxylic acids is 1. The van der Waals surface area contributed by atoms with E-state index in [1.54, 1.807) is 25.3 Å². The van der Waals surface area contributed by atoms with Crippen LogP contribution in [0.4, 0.5) is 10.8 Å². The van der Waals surface area contributed by atoms with Crippen molar-refractivity contribution < 1.29 is 14.6 Å². The largest absolute Gasteiger partial charge is 0.495 e. The molecule has 20 heavy (non-hydrogen) atoms. The van der Waals surface area contributed by atoms with Gasteiger partial charge in [-0.15, -0.1) is 10.2 Å². The molecule has 0 atom stereocenters. The Bertz CT molecular complexity index is 621. The Morgan fingerprint density at radius 1 is 1.55 bits per heavy atom. The van der Waals surface area contributed by atoms with Crippen LogP contribution in [0.5, 0.6) is 5.75 Å². The van der Waals surface area contributed by atoms with Crippen LogP contribution in [0.3, 0.4) is 0 Å². The van der Waals surface area contributed by atoms with Gasteiger partial charge in [-0.2, -0.15) is 0 Å². The maximum absolute atomic E-state index is 10.5. The molecule has 9 heteroatoms. The van der Waals surface area contributed by atoms with Gasteiger partial charge < -0.3 is 15.2 Å². The highest BCUT2D eigenvalue weighted by atomic mass is 35.5. The zero-order valence-electron chi connectivity index (χ0n) is 10.3. The fourth-order valence-corrected chi connectivity index (χ4v) is 2.99. The number of ether oxygens (including phenoxy) is 1. The predicted octanol–water partition coefficient (Wildman–Crippen LogP) is 3.12. The van der Waals surface area contributed by atoms with Gasteiger partial charge in [0, 0.05) is 5.02 Å². The van der Waals surface area contributed by atoms with Gasteiger partial charge in [-0.05, 0) is 18.2 Å². The molecule has 0 bridgehead atoms. The van der Waals surface area contributed by atoms with E-state index in [0.717, 1.165) is 11.8 Å². The SMILES string of the molecule is COc1ccc(Cl)cc1Nc1nnc(SCC(=O)O)s1. The van der Waals surface area contributed by atoms with Crippen molar-refractivity contribution in [2.45, 2.75) is 4.34 Å². The molecule has 106 valence electrons. The number of nitrogens with one attached hydrogen (secondary N) is 1. The molecule has 2 N–H and O–H groups in total. The van der Waals surface area contributed by atoms with Crippen LogP contribution >= 0.6 is 34.7 Å². The quantitative estimate of drug-likeness (QED) is 0.786. The minimum Gasteiger partial charge on any atom is -0.495 e. The molecule has 0 unspecified atom stereocenters. The number of carboxylic acid groups (broad SMARTS) is 1. The third kappa shape index (κ3) is 3.99. The van der Waals surface area contributed by atoms with Crippen molar-refractivity contribution in [3.05, 3.63) is 23.2 Å². The zero-order chi connectivity index (χ0) is 14.5. The highest BCUT2D eigenvalue weighted by Gasteiger charge is 2.10. The molecule has 0 aliphatic heterocycles. The average Bonchev–Trinajstić information content (AvgIpc) is 2.84. The van der Waals surface area contributed by atoms with Gasteiger partial charge >= 0.3 is 5.97 Å². The van der Waals surface area contributed by atoms with Crippen LogP contribution in [-0.4, -0.2) is 34.1 Å². The van der Waals surface area contributed by atoms with E-state index in [1.165, 1.54) is 11.3 Å². The summed E-state index contributed by atoms with van der Waals surface area (Å²) >= 11 is 8.32. The molecule has 0 saturated heterocycles. The predicted molar refractivity (Wildman–Crippen MR) is 79.6 cm³/mol. The van der Waals surface area contributed by atoms with Crippen molar-refractivity contribution in [1.82, 2.24) is 10.2 Å². The van der Waals surface area contributed by atoms with E-state index < -0.39 is 5.97 Å². The Kier molecular flexibility index (Phi) is 5.05. The lowest BCUT2D eigenvalue weighted by Gasteiger charge is -2.08. The second-order valence-electron chi connectivity index (χ2n) is 3.53. The van der Waals surface area contributed by atoms with Crippen molar-refractivity contribution in [1.29, 1.82) is 0 Å². The maximum atomic E-state index is 10.5. The van der Waals surface area contributed by atoms with Gasteiger partial charge in [0.15, 0.2) is 4.34 Å². The van der Waals surface area contributed by atoms with Gasteiger partial charge in [-0.3, -0.25) is 4.79 Å². The number of aliphatic carboxylic acids is 1. The smallest absolute Gasteiger partial charge is 0.313 e. The number of anilines is 2. The highest BCUT2D eigenvalue weighted by Crippen LogP contribution is 2.33. The molecular weight excluding hydrogens is 322 g/mol.